The van der Waals surface area contributed by atoms with Crippen molar-refractivity contribution in [2.24, 2.45) is 0 Å². The van der Waals surface area contributed by atoms with Gasteiger partial charge in [0.05, 0.1) is 5.56 Å². The molecular formula is C14H12INO2. The minimum Gasteiger partial charge on any atom is -0.507 e. The van der Waals surface area contributed by atoms with Crippen LogP contribution in [0.15, 0.2) is 42.5 Å². The highest BCUT2D eigenvalue weighted by Crippen LogP contribution is 2.20. The lowest BCUT2D eigenvalue weighted by atomic mass is 10.1. The van der Waals surface area contributed by atoms with Crippen LogP contribution in [0.1, 0.15) is 15.9 Å². The number of anilines is 1. The monoisotopic (exact) mass is 353 g/mol. The Labute approximate surface area is 119 Å². The van der Waals surface area contributed by atoms with E-state index in [-0.39, 0.29) is 17.2 Å². The Bertz CT molecular complexity index is 579. The lowest BCUT2D eigenvalue weighted by molar-refractivity contribution is 0.102. The number of aryl methyl sites for hydroxylation is 1. The zero-order valence-electron chi connectivity index (χ0n) is 9.77. The molecule has 0 atom stereocenters. The first-order valence-corrected chi connectivity index (χ1v) is 6.50. The number of carbonyl (C=O) groups is 1. The fourth-order valence-electron chi connectivity index (χ4n) is 1.56. The zero-order valence-corrected chi connectivity index (χ0v) is 11.9. The van der Waals surface area contributed by atoms with E-state index in [1.165, 1.54) is 6.07 Å². The molecule has 3 nitrogen and oxygen atoms in total. The second kappa shape index (κ2) is 5.39. The second-order valence-corrected chi connectivity index (χ2v) is 5.23. The molecule has 0 aliphatic carbocycles. The minimum absolute atomic E-state index is 0.0105. The van der Waals surface area contributed by atoms with Gasteiger partial charge in [0, 0.05) is 9.26 Å². The minimum atomic E-state index is -0.308. The zero-order chi connectivity index (χ0) is 13.1. The quantitative estimate of drug-likeness (QED) is 0.812. The summed E-state index contributed by atoms with van der Waals surface area (Å²) in [5, 5.41) is 12.4. The first-order chi connectivity index (χ1) is 8.56. The van der Waals surface area contributed by atoms with Gasteiger partial charge in [0.25, 0.3) is 5.91 Å². The van der Waals surface area contributed by atoms with Gasteiger partial charge in [-0.05, 0) is 65.9 Å². The van der Waals surface area contributed by atoms with Crippen molar-refractivity contribution in [2.45, 2.75) is 6.92 Å². The van der Waals surface area contributed by atoms with Gasteiger partial charge in [0.15, 0.2) is 0 Å². The molecule has 0 spiro atoms. The molecule has 2 aromatic carbocycles. The molecule has 0 aromatic heterocycles. The molecular weight excluding hydrogens is 341 g/mol. The molecule has 2 rings (SSSR count). The molecule has 2 N–H and O–H groups in total. The molecule has 0 fully saturated rings. The Hall–Kier alpha value is -1.56. The summed E-state index contributed by atoms with van der Waals surface area (Å²) in [6.45, 7) is 1.88. The number of phenols is 1. The van der Waals surface area contributed by atoms with Crippen LogP contribution in [0.3, 0.4) is 0 Å². The average molecular weight is 353 g/mol. The van der Waals surface area contributed by atoms with Crippen molar-refractivity contribution in [3.8, 4) is 5.75 Å². The fourth-order valence-corrected chi connectivity index (χ4v) is 1.92. The van der Waals surface area contributed by atoms with Crippen LogP contribution in [-0.2, 0) is 0 Å². The predicted octanol–water partition coefficient (Wildman–Crippen LogP) is 3.56. The molecule has 0 aliphatic heterocycles. The largest absolute Gasteiger partial charge is 0.507 e. The number of hydrogen-bond donors (Lipinski definition) is 2. The van der Waals surface area contributed by atoms with Crippen LogP contribution in [-0.4, -0.2) is 11.0 Å². The van der Waals surface area contributed by atoms with E-state index in [0.29, 0.717) is 5.69 Å². The van der Waals surface area contributed by atoms with Crippen LogP contribution in [0.5, 0.6) is 5.75 Å². The SMILES string of the molecule is Cc1ccc(O)c(C(=O)Nc2ccc(I)cc2)c1. The highest BCUT2D eigenvalue weighted by molar-refractivity contribution is 14.1. The smallest absolute Gasteiger partial charge is 0.259 e. The number of carbonyl (C=O) groups excluding carboxylic acids is 1. The van der Waals surface area contributed by atoms with Gasteiger partial charge < -0.3 is 10.4 Å². The number of hydrogen-bond acceptors (Lipinski definition) is 2. The van der Waals surface area contributed by atoms with E-state index in [1.54, 1.807) is 12.1 Å². The number of benzene rings is 2. The lowest BCUT2D eigenvalue weighted by Crippen LogP contribution is -2.12. The van der Waals surface area contributed by atoms with Crippen LogP contribution in [0.2, 0.25) is 0 Å². The summed E-state index contributed by atoms with van der Waals surface area (Å²) >= 11 is 2.20. The lowest BCUT2D eigenvalue weighted by Gasteiger charge is -2.07. The summed E-state index contributed by atoms with van der Waals surface area (Å²) in [4.78, 5) is 12.0. The third-order valence-corrected chi connectivity index (χ3v) is 3.22. The molecule has 0 saturated heterocycles. The predicted molar refractivity (Wildman–Crippen MR) is 80.0 cm³/mol. The van der Waals surface area contributed by atoms with Crippen molar-refractivity contribution in [1.29, 1.82) is 0 Å². The van der Waals surface area contributed by atoms with Gasteiger partial charge >= 0.3 is 0 Å². The van der Waals surface area contributed by atoms with Gasteiger partial charge in [-0.2, -0.15) is 0 Å². The molecule has 0 radical (unpaired) electrons. The Morgan fingerprint density at radius 1 is 1.17 bits per heavy atom. The Kier molecular flexibility index (Phi) is 3.86. The summed E-state index contributed by atoms with van der Waals surface area (Å²) in [6, 6.07) is 12.4. The van der Waals surface area contributed by atoms with E-state index < -0.39 is 0 Å². The van der Waals surface area contributed by atoms with E-state index >= 15 is 0 Å². The molecule has 0 bridgehead atoms. The maximum Gasteiger partial charge on any atom is 0.259 e. The summed E-state index contributed by atoms with van der Waals surface area (Å²) in [6.07, 6.45) is 0. The molecule has 0 heterocycles. The normalized spacial score (nSPS) is 10.1. The van der Waals surface area contributed by atoms with Gasteiger partial charge in [-0.3, -0.25) is 4.79 Å². The first-order valence-electron chi connectivity index (χ1n) is 5.43. The van der Waals surface area contributed by atoms with Gasteiger partial charge in [-0.15, -0.1) is 0 Å². The third kappa shape index (κ3) is 3.01. The van der Waals surface area contributed by atoms with Crippen molar-refractivity contribution < 1.29 is 9.90 Å². The summed E-state index contributed by atoms with van der Waals surface area (Å²) in [5.74, 6) is -0.319. The topological polar surface area (TPSA) is 49.3 Å². The van der Waals surface area contributed by atoms with Crippen molar-refractivity contribution in [3.05, 3.63) is 57.2 Å². The van der Waals surface area contributed by atoms with E-state index in [9.17, 15) is 9.90 Å². The molecule has 2 aromatic rings. The van der Waals surface area contributed by atoms with Gasteiger partial charge in [-0.25, -0.2) is 0 Å². The van der Waals surface area contributed by atoms with Crippen LogP contribution in [0.4, 0.5) is 5.69 Å². The highest BCUT2D eigenvalue weighted by Gasteiger charge is 2.11. The molecule has 0 aliphatic rings. The van der Waals surface area contributed by atoms with Crippen LogP contribution < -0.4 is 5.32 Å². The number of aromatic hydroxyl groups is 1. The summed E-state index contributed by atoms with van der Waals surface area (Å²) in [5.41, 5.74) is 1.93. The third-order valence-electron chi connectivity index (χ3n) is 2.50. The van der Waals surface area contributed by atoms with Crippen molar-refractivity contribution in [3.63, 3.8) is 0 Å². The summed E-state index contributed by atoms with van der Waals surface area (Å²) in [7, 11) is 0. The van der Waals surface area contributed by atoms with Crippen molar-refractivity contribution >= 4 is 34.2 Å². The number of nitrogens with one attached hydrogen (secondary N) is 1. The van der Waals surface area contributed by atoms with E-state index in [1.807, 2.05) is 31.2 Å². The Morgan fingerprint density at radius 3 is 2.50 bits per heavy atom. The van der Waals surface area contributed by atoms with Gasteiger partial charge in [0.1, 0.15) is 5.75 Å². The Morgan fingerprint density at radius 2 is 1.83 bits per heavy atom. The van der Waals surface area contributed by atoms with Gasteiger partial charge in [-0.1, -0.05) is 11.6 Å². The number of phenolic OH excluding ortho intramolecular Hbond substituents is 1. The molecule has 0 unspecified atom stereocenters. The molecule has 18 heavy (non-hydrogen) atoms. The average Bonchev–Trinajstić information content (AvgIpc) is 2.35. The maximum atomic E-state index is 12.0. The van der Waals surface area contributed by atoms with Crippen molar-refractivity contribution in [2.75, 3.05) is 5.32 Å². The van der Waals surface area contributed by atoms with E-state index in [4.69, 9.17) is 0 Å². The number of halogens is 1. The first kappa shape index (κ1) is 12.9. The van der Waals surface area contributed by atoms with E-state index in [2.05, 4.69) is 27.9 Å². The molecule has 0 saturated carbocycles. The molecule has 1 amide bonds. The summed E-state index contributed by atoms with van der Waals surface area (Å²) < 4.78 is 1.10. The fraction of sp³-hybridized carbons (Fsp3) is 0.0714. The Balaban J connectivity index is 2.21. The van der Waals surface area contributed by atoms with Crippen LogP contribution in [0, 0.1) is 10.5 Å². The van der Waals surface area contributed by atoms with Crippen LogP contribution in [0.25, 0.3) is 0 Å². The van der Waals surface area contributed by atoms with Crippen LogP contribution >= 0.6 is 22.6 Å². The maximum absolute atomic E-state index is 12.0. The molecule has 92 valence electrons. The number of rotatable bonds is 2. The molecule has 4 heteroatoms. The second-order valence-electron chi connectivity index (χ2n) is 3.98. The van der Waals surface area contributed by atoms with Gasteiger partial charge in [0.2, 0.25) is 0 Å². The number of amides is 1. The van der Waals surface area contributed by atoms with E-state index in [0.717, 1.165) is 9.13 Å². The standard InChI is InChI=1S/C14H12INO2/c1-9-2-7-13(17)12(8-9)14(18)16-11-5-3-10(15)4-6-11/h2-8,17H,1H3,(H,16,18). The highest BCUT2D eigenvalue weighted by atomic mass is 127. The van der Waals surface area contributed by atoms with Crippen molar-refractivity contribution in [1.82, 2.24) is 0 Å².